The summed E-state index contributed by atoms with van der Waals surface area (Å²) in [6, 6.07) is 13.7. The first-order chi connectivity index (χ1) is 14.0. The monoisotopic (exact) mass is 390 g/mol. The third-order valence-corrected chi connectivity index (χ3v) is 4.59. The van der Waals surface area contributed by atoms with Gasteiger partial charge in [-0.3, -0.25) is 9.48 Å². The molecule has 0 spiro atoms. The summed E-state index contributed by atoms with van der Waals surface area (Å²) in [5.74, 6) is 0.609. The number of carbonyl (C=O) groups is 1. The third-order valence-electron chi connectivity index (χ3n) is 4.59. The summed E-state index contributed by atoms with van der Waals surface area (Å²) in [6.45, 7) is 3.79. The summed E-state index contributed by atoms with van der Waals surface area (Å²) < 4.78 is 21.6. The zero-order valence-corrected chi connectivity index (χ0v) is 16.1. The zero-order valence-electron chi connectivity index (χ0n) is 16.1. The quantitative estimate of drug-likeness (QED) is 0.452. The summed E-state index contributed by atoms with van der Waals surface area (Å²) in [7, 11) is 0. The van der Waals surface area contributed by atoms with Crippen LogP contribution in [0.25, 0.3) is 22.4 Å². The third kappa shape index (κ3) is 3.99. The molecule has 146 valence electrons. The molecule has 0 amide bonds. The van der Waals surface area contributed by atoms with Crippen molar-refractivity contribution in [2.75, 3.05) is 0 Å². The van der Waals surface area contributed by atoms with Crippen molar-refractivity contribution < 1.29 is 13.6 Å². The highest BCUT2D eigenvalue weighted by Crippen LogP contribution is 2.28. The van der Waals surface area contributed by atoms with Gasteiger partial charge in [0.1, 0.15) is 12.4 Å². The zero-order chi connectivity index (χ0) is 20.4. The van der Waals surface area contributed by atoms with Crippen LogP contribution in [0.1, 0.15) is 36.0 Å². The number of hydrogen-bond acceptors (Lipinski definition) is 5. The molecule has 6 nitrogen and oxygen atoms in total. The molecule has 0 N–H and O–H groups in total. The molecule has 0 saturated heterocycles. The van der Waals surface area contributed by atoms with Crippen molar-refractivity contribution in [3.8, 4) is 22.4 Å². The van der Waals surface area contributed by atoms with Gasteiger partial charge >= 0.3 is 0 Å². The molecule has 4 aromatic rings. The minimum Gasteiger partial charge on any atom is -0.423 e. The van der Waals surface area contributed by atoms with E-state index in [9.17, 15) is 9.18 Å². The number of Topliss-reactive ketones (excluding diaryl/α,β-unsaturated/α-hetero) is 1. The molecule has 0 aliphatic carbocycles. The Balaban J connectivity index is 1.62. The van der Waals surface area contributed by atoms with Gasteiger partial charge in [0.05, 0.1) is 5.69 Å². The minimum atomic E-state index is -0.374. The second-order valence-corrected chi connectivity index (χ2v) is 6.67. The van der Waals surface area contributed by atoms with E-state index < -0.39 is 0 Å². The maximum absolute atomic E-state index is 14.4. The molecule has 2 heterocycles. The second kappa shape index (κ2) is 7.79. The number of carbonyl (C=O) groups excluding carboxylic acids is 1. The summed E-state index contributed by atoms with van der Waals surface area (Å²) in [4.78, 5) is 11.6. The van der Waals surface area contributed by atoms with Crippen molar-refractivity contribution >= 4 is 5.78 Å². The lowest BCUT2D eigenvalue weighted by Crippen LogP contribution is -2.00. The van der Waals surface area contributed by atoms with Crippen molar-refractivity contribution in [2.24, 2.45) is 0 Å². The Morgan fingerprint density at radius 3 is 2.62 bits per heavy atom. The molecule has 0 saturated carbocycles. The maximum atomic E-state index is 14.4. The number of benzene rings is 2. The molecule has 2 aromatic heterocycles. The lowest BCUT2D eigenvalue weighted by molar-refractivity contribution is 0.101. The van der Waals surface area contributed by atoms with E-state index in [1.54, 1.807) is 10.7 Å². The van der Waals surface area contributed by atoms with E-state index in [0.717, 1.165) is 11.3 Å². The molecule has 0 aliphatic heterocycles. The van der Waals surface area contributed by atoms with Crippen LogP contribution in [-0.4, -0.2) is 25.8 Å². The van der Waals surface area contributed by atoms with E-state index in [4.69, 9.17) is 4.42 Å². The molecule has 0 aliphatic rings. The van der Waals surface area contributed by atoms with E-state index in [1.807, 2.05) is 43.5 Å². The summed E-state index contributed by atoms with van der Waals surface area (Å²) in [5, 5.41) is 12.5. The predicted octanol–water partition coefficient (Wildman–Crippen LogP) is 4.55. The average Bonchev–Trinajstić information content (AvgIpc) is 3.38. The predicted molar refractivity (Wildman–Crippen MR) is 106 cm³/mol. The Kier molecular flexibility index (Phi) is 5.03. The number of hydrogen-bond donors (Lipinski definition) is 0. The van der Waals surface area contributed by atoms with Gasteiger partial charge in [-0.2, -0.15) is 5.10 Å². The van der Waals surface area contributed by atoms with Crippen LogP contribution in [-0.2, 0) is 13.0 Å². The van der Waals surface area contributed by atoms with Crippen molar-refractivity contribution in [3.63, 3.8) is 0 Å². The highest BCUT2D eigenvalue weighted by atomic mass is 19.1. The van der Waals surface area contributed by atoms with E-state index in [1.165, 1.54) is 19.1 Å². The number of rotatable bonds is 6. The van der Waals surface area contributed by atoms with Gasteiger partial charge in [-0.25, -0.2) is 4.39 Å². The van der Waals surface area contributed by atoms with Crippen molar-refractivity contribution in [1.82, 2.24) is 20.0 Å². The topological polar surface area (TPSA) is 73.8 Å². The fourth-order valence-corrected chi connectivity index (χ4v) is 3.05. The summed E-state index contributed by atoms with van der Waals surface area (Å²) in [6.07, 6.45) is 2.51. The Labute approximate surface area is 167 Å². The number of aryl methyl sites for hydroxylation is 1. The first kappa shape index (κ1) is 18.7. The molecule has 4 rings (SSSR count). The molecule has 0 fully saturated rings. The van der Waals surface area contributed by atoms with Gasteiger partial charge in [-0.1, -0.05) is 25.1 Å². The van der Waals surface area contributed by atoms with Gasteiger partial charge in [0.25, 0.3) is 0 Å². The fraction of sp³-hybridized carbons (Fsp3) is 0.182. The van der Waals surface area contributed by atoms with E-state index in [-0.39, 0.29) is 11.6 Å². The normalized spacial score (nSPS) is 11.0. The molecular weight excluding hydrogens is 371 g/mol. The van der Waals surface area contributed by atoms with Crippen LogP contribution in [0, 0.1) is 5.82 Å². The van der Waals surface area contributed by atoms with Crippen LogP contribution >= 0.6 is 0 Å². The number of aromatic nitrogens is 4. The van der Waals surface area contributed by atoms with Crippen LogP contribution in [0.15, 0.2) is 59.1 Å². The average molecular weight is 390 g/mol. The molecule has 0 bridgehead atoms. The standard InChI is InChI=1S/C22H19FN4O2/c1-3-21-24-25-22(29-21)13-27-10-9-20(26-27)17-6-4-5-16(11-17)18-12-15(14(2)28)7-8-19(18)23/h4-12H,3,13H2,1-2H3. The number of halogens is 1. The van der Waals surface area contributed by atoms with Gasteiger partial charge in [0.2, 0.25) is 11.8 Å². The maximum Gasteiger partial charge on any atom is 0.237 e. The van der Waals surface area contributed by atoms with Crippen LogP contribution in [0.4, 0.5) is 4.39 Å². The Morgan fingerprint density at radius 2 is 1.86 bits per heavy atom. The molecule has 0 atom stereocenters. The van der Waals surface area contributed by atoms with Gasteiger partial charge < -0.3 is 4.42 Å². The van der Waals surface area contributed by atoms with Gasteiger partial charge in [0, 0.05) is 29.3 Å². The highest BCUT2D eigenvalue weighted by molar-refractivity contribution is 5.95. The molecule has 2 aromatic carbocycles. The summed E-state index contributed by atoms with van der Waals surface area (Å²) >= 11 is 0. The van der Waals surface area contributed by atoms with E-state index in [0.29, 0.717) is 41.4 Å². The SMILES string of the molecule is CCc1nnc(Cn2ccc(-c3cccc(-c4cc(C(C)=O)ccc4F)c3)n2)o1. The minimum absolute atomic E-state index is 0.103. The van der Waals surface area contributed by atoms with Gasteiger partial charge in [-0.05, 0) is 42.8 Å². The lowest BCUT2D eigenvalue weighted by atomic mass is 9.98. The Hall–Kier alpha value is -3.61. The van der Waals surface area contributed by atoms with Crippen LogP contribution in [0.2, 0.25) is 0 Å². The van der Waals surface area contributed by atoms with Crippen LogP contribution in [0.5, 0.6) is 0 Å². The molecule has 0 radical (unpaired) electrons. The van der Waals surface area contributed by atoms with Crippen molar-refractivity contribution in [2.45, 2.75) is 26.8 Å². The van der Waals surface area contributed by atoms with Crippen molar-refractivity contribution in [1.29, 1.82) is 0 Å². The van der Waals surface area contributed by atoms with Crippen LogP contribution < -0.4 is 0 Å². The first-order valence-corrected chi connectivity index (χ1v) is 9.29. The first-order valence-electron chi connectivity index (χ1n) is 9.29. The number of ketones is 1. The molecule has 0 unspecified atom stereocenters. The second-order valence-electron chi connectivity index (χ2n) is 6.67. The van der Waals surface area contributed by atoms with Crippen LogP contribution in [0.3, 0.4) is 0 Å². The van der Waals surface area contributed by atoms with Gasteiger partial charge in [0.15, 0.2) is 5.78 Å². The van der Waals surface area contributed by atoms with Crippen molar-refractivity contribution in [3.05, 3.63) is 77.9 Å². The fourth-order valence-electron chi connectivity index (χ4n) is 3.05. The lowest BCUT2D eigenvalue weighted by Gasteiger charge is -2.07. The molecule has 29 heavy (non-hydrogen) atoms. The Morgan fingerprint density at radius 1 is 1.07 bits per heavy atom. The highest BCUT2D eigenvalue weighted by Gasteiger charge is 2.12. The number of nitrogens with zero attached hydrogens (tertiary/aromatic N) is 4. The van der Waals surface area contributed by atoms with E-state index in [2.05, 4.69) is 15.3 Å². The van der Waals surface area contributed by atoms with E-state index >= 15 is 0 Å². The van der Waals surface area contributed by atoms with Gasteiger partial charge in [-0.15, -0.1) is 10.2 Å². The molecule has 7 heteroatoms. The largest absolute Gasteiger partial charge is 0.423 e. The molecular formula is C22H19FN4O2. The summed E-state index contributed by atoms with van der Waals surface area (Å²) in [5.41, 5.74) is 3.13. The smallest absolute Gasteiger partial charge is 0.237 e. The Bertz CT molecular complexity index is 1180.